The van der Waals surface area contributed by atoms with E-state index in [0.717, 1.165) is 51.6 Å². The maximum absolute atomic E-state index is 12.9. The Morgan fingerprint density at radius 1 is 1.04 bits per heavy atom. The number of hydrogen-bond acceptors (Lipinski definition) is 4. The van der Waals surface area contributed by atoms with Gasteiger partial charge in [-0.1, -0.05) is 19.3 Å². The molecule has 2 saturated heterocycles. The van der Waals surface area contributed by atoms with Gasteiger partial charge in [-0.05, 0) is 32.1 Å². The highest BCUT2D eigenvalue weighted by molar-refractivity contribution is 7.86. The average molecular weight is 388 g/mol. The van der Waals surface area contributed by atoms with Crippen molar-refractivity contribution in [2.75, 3.05) is 39.8 Å². The molecule has 1 saturated carbocycles. The molecule has 0 radical (unpaired) electrons. The largest absolute Gasteiger partial charge is 0.378 e. The smallest absolute Gasteiger partial charge is 0.282 e. The first kappa shape index (κ1) is 20.0. The first-order chi connectivity index (χ1) is 12.5. The topological polar surface area (TPSA) is 70.2 Å². The van der Waals surface area contributed by atoms with Crippen LogP contribution < -0.4 is 0 Å². The van der Waals surface area contributed by atoms with Crippen LogP contribution in [0.2, 0.25) is 0 Å². The summed E-state index contributed by atoms with van der Waals surface area (Å²) in [5, 5.41) is 0. The molecule has 7 nitrogen and oxygen atoms in total. The number of carbonyl (C=O) groups is 1. The zero-order chi connectivity index (χ0) is 18.6. The summed E-state index contributed by atoms with van der Waals surface area (Å²) in [7, 11) is -1.71. The van der Waals surface area contributed by atoms with E-state index in [2.05, 4.69) is 0 Å². The molecule has 0 aromatic carbocycles. The summed E-state index contributed by atoms with van der Waals surface area (Å²) in [6, 6.07) is 0.125. The van der Waals surface area contributed by atoms with E-state index in [4.69, 9.17) is 4.74 Å². The van der Waals surface area contributed by atoms with Crippen LogP contribution in [0.1, 0.15) is 57.8 Å². The molecule has 0 aromatic rings. The number of nitrogens with zero attached hydrogens (tertiary/aromatic N) is 3. The molecule has 3 fully saturated rings. The third-order valence-corrected chi connectivity index (χ3v) is 8.12. The van der Waals surface area contributed by atoms with Crippen LogP contribution in [0.4, 0.5) is 0 Å². The molecule has 0 N–H and O–H groups in total. The quantitative estimate of drug-likeness (QED) is 0.694. The Hall–Kier alpha value is -0.700. The summed E-state index contributed by atoms with van der Waals surface area (Å²) >= 11 is 0. The van der Waals surface area contributed by atoms with Gasteiger partial charge in [0.15, 0.2) is 0 Å². The number of piperazine rings is 1. The molecule has 1 amide bonds. The van der Waals surface area contributed by atoms with Crippen LogP contribution in [0.3, 0.4) is 0 Å². The third kappa shape index (κ3) is 4.77. The highest BCUT2D eigenvalue weighted by atomic mass is 32.2. The van der Waals surface area contributed by atoms with Gasteiger partial charge in [0.2, 0.25) is 5.91 Å². The van der Waals surface area contributed by atoms with Gasteiger partial charge in [-0.2, -0.15) is 17.0 Å². The van der Waals surface area contributed by atoms with E-state index in [1.165, 1.54) is 6.42 Å². The van der Waals surface area contributed by atoms with Crippen LogP contribution >= 0.6 is 0 Å². The number of carbonyl (C=O) groups excluding carboxylic acids is 1. The van der Waals surface area contributed by atoms with E-state index in [0.29, 0.717) is 32.6 Å². The van der Waals surface area contributed by atoms with E-state index in [-0.39, 0.29) is 18.1 Å². The Labute approximate surface area is 157 Å². The second-order valence-electron chi connectivity index (χ2n) is 7.77. The van der Waals surface area contributed by atoms with Crippen LogP contribution in [0.5, 0.6) is 0 Å². The fourth-order valence-corrected chi connectivity index (χ4v) is 5.87. The summed E-state index contributed by atoms with van der Waals surface area (Å²) in [4.78, 5) is 14.2. The van der Waals surface area contributed by atoms with Crippen molar-refractivity contribution in [1.82, 2.24) is 13.5 Å². The lowest BCUT2D eigenvalue weighted by Crippen LogP contribution is -2.55. The number of amides is 1. The molecule has 150 valence electrons. The predicted molar refractivity (Wildman–Crippen MR) is 99.9 cm³/mol. The number of ether oxygens (including phenoxy) is 1. The Balaban J connectivity index is 1.46. The summed E-state index contributed by atoms with van der Waals surface area (Å²) in [5.74, 6) is 0.123. The summed E-state index contributed by atoms with van der Waals surface area (Å²) in [6.45, 7) is 2.57. The van der Waals surface area contributed by atoms with E-state index in [1.54, 1.807) is 15.7 Å². The first-order valence-corrected chi connectivity index (χ1v) is 11.5. The van der Waals surface area contributed by atoms with Crippen molar-refractivity contribution in [2.45, 2.75) is 69.9 Å². The molecule has 3 rings (SSSR count). The lowest BCUT2D eigenvalue weighted by atomic mass is 9.96. The fourth-order valence-electron chi connectivity index (χ4n) is 4.30. The van der Waals surface area contributed by atoms with Crippen molar-refractivity contribution < 1.29 is 17.9 Å². The van der Waals surface area contributed by atoms with Gasteiger partial charge in [0.25, 0.3) is 10.2 Å². The SMILES string of the molecule is CN(C1CCCCC1)S(=O)(=O)N1CCN(C(=O)CCC2CCCO2)CC1. The van der Waals surface area contributed by atoms with Crippen LogP contribution in [0, 0.1) is 0 Å². The molecule has 0 aromatic heterocycles. The molecule has 1 aliphatic carbocycles. The molecule has 0 bridgehead atoms. The molecule has 8 heteroatoms. The molecule has 2 heterocycles. The molecule has 0 spiro atoms. The fraction of sp³-hybridized carbons (Fsp3) is 0.944. The highest BCUT2D eigenvalue weighted by Gasteiger charge is 2.35. The zero-order valence-electron chi connectivity index (χ0n) is 15.9. The molecule has 26 heavy (non-hydrogen) atoms. The molecule has 1 atom stereocenters. The lowest BCUT2D eigenvalue weighted by molar-refractivity contribution is -0.133. The van der Waals surface area contributed by atoms with Gasteiger partial charge in [-0.3, -0.25) is 4.79 Å². The Morgan fingerprint density at radius 3 is 2.35 bits per heavy atom. The minimum Gasteiger partial charge on any atom is -0.378 e. The van der Waals surface area contributed by atoms with Gasteiger partial charge in [0, 0.05) is 52.3 Å². The summed E-state index contributed by atoms with van der Waals surface area (Å²) in [6.07, 6.45) is 8.98. The number of rotatable bonds is 6. The lowest BCUT2D eigenvalue weighted by Gasteiger charge is -2.38. The van der Waals surface area contributed by atoms with Crippen LogP contribution in [-0.4, -0.2) is 79.8 Å². The maximum atomic E-state index is 12.9. The van der Waals surface area contributed by atoms with Crippen molar-refractivity contribution in [3.8, 4) is 0 Å². The molecular weight excluding hydrogens is 354 g/mol. The van der Waals surface area contributed by atoms with E-state index < -0.39 is 10.2 Å². The molecule has 1 unspecified atom stereocenters. The third-order valence-electron chi connectivity index (χ3n) is 6.07. The van der Waals surface area contributed by atoms with Gasteiger partial charge >= 0.3 is 0 Å². The standard InChI is InChI=1S/C18H33N3O4S/c1-19(16-6-3-2-4-7-16)26(23,24)21-13-11-20(12-14-21)18(22)10-9-17-8-5-15-25-17/h16-17H,2-15H2,1H3. The molecular formula is C18H33N3O4S. The molecule has 3 aliphatic rings. The molecule has 2 aliphatic heterocycles. The monoisotopic (exact) mass is 387 g/mol. The van der Waals surface area contributed by atoms with Crippen molar-refractivity contribution in [3.63, 3.8) is 0 Å². The second-order valence-corrected chi connectivity index (χ2v) is 9.76. The predicted octanol–water partition coefficient (Wildman–Crippen LogP) is 1.60. The van der Waals surface area contributed by atoms with Crippen LogP contribution in [-0.2, 0) is 19.7 Å². The van der Waals surface area contributed by atoms with Crippen LogP contribution in [0.15, 0.2) is 0 Å². The van der Waals surface area contributed by atoms with Gasteiger partial charge in [0.1, 0.15) is 0 Å². The van der Waals surface area contributed by atoms with Crippen molar-refractivity contribution >= 4 is 16.1 Å². The highest BCUT2D eigenvalue weighted by Crippen LogP contribution is 2.25. The van der Waals surface area contributed by atoms with E-state index in [9.17, 15) is 13.2 Å². The van der Waals surface area contributed by atoms with Gasteiger partial charge in [0.05, 0.1) is 6.10 Å². The van der Waals surface area contributed by atoms with E-state index >= 15 is 0 Å². The van der Waals surface area contributed by atoms with Crippen molar-refractivity contribution in [3.05, 3.63) is 0 Å². The second kappa shape index (κ2) is 8.99. The van der Waals surface area contributed by atoms with Gasteiger partial charge in [-0.15, -0.1) is 0 Å². The average Bonchev–Trinajstić information content (AvgIpc) is 3.20. The summed E-state index contributed by atoms with van der Waals surface area (Å²) in [5.41, 5.74) is 0. The van der Waals surface area contributed by atoms with E-state index in [1.807, 2.05) is 4.90 Å². The minimum atomic E-state index is -3.43. The number of hydrogen-bond donors (Lipinski definition) is 0. The van der Waals surface area contributed by atoms with Crippen LogP contribution in [0.25, 0.3) is 0 Å². The normalized spacial score (nSPS) is 26.5. The van der Waals surface area contributed by atoms with Crippen molar-refractivity contribution in [1.29, 1.82) is 0 Å². The maximum Gasteiger partial charge on any atom is 0.282 e. The first-order valence-electron chi connectivity index (χ1n) is 10.1. The summed E-state index contributed by atoms with van der Waals surface area (Å²) < 4.78 is 34.5. The van der Waals surface area contributed by atoms with Gasteiger partial charge in [-0.25, -0.2) is 0 Å². The zero-order valence-corrected chi connectivity index (χ0v) is 16.8. The minimum absolute atomic E-state index is 0.123. The van der Waals surface area contributed by atoms with Crippen molar-refractivity contribution in [2.24, 2.45) is 0 Å². The Morgan fingerprint density at radius 2 is 1.73 bits per heavy atom. The Kier molecular flexibility index (Phi) is 6.93. The van der Waals surface area contributed by atoms with Gasteiger partial charge < -0.3 is 9.64 Å². The Bertz CT molecular complexity index is 563.